The molecule has 0 saturated heterocycles. The number of hydrogen-bond donors (Lipinski definition) is 0. The fourth-order valence-corrected chi connectivity index (χ4v) is 3.68. The minimum Gasteiger partial charge on any atom is -0.415 e. The normalized spacial score (nSPS) is 27.7. The molecule has 88 valence electrons. The van der Waals surface area contributed by atoms with Crippen LogP contribution in [0, 0.1) is 5.92 Å². The van der Waals surface area contributed by atoms with Crippen molar-refractivity contribution in [1.82, 2.24) is 0 Å². The van der Waals surface area contributed by atoms with Crippen molar-refractivity contribution >= 4 is 8.32 Å². The average molecular weight is 226 g/mol. The van der Waals surface area contributed by atoms with Gasteiger partial charge in [0.25, 0.3) is 0 Å². The van der Waals surface area contributed by atoms with Gasteiger partial charge in [0.1, 0.15) is 0 Å². The molecule has 0 aromatic carbocycles. The van der Waals surface area contributed by atoms with Crippen molar-refractivity contribution in [2.75, 3.05) is 0 Å². The largest absolute Gasteiger partial charge is 0.415 e. The molecule has 0 aliphatic heterocycles. The zero-order valence-electron chi connectivity index (χ0n) is 10.6. The third-order valence-corrected chi connectivity index (χ3v) is 4.07. The summed E-state index contributed by atoms with van der Waals surface area (Å²) in [6.07, 6.45) is 10.4. The summed E-state index contributed by atoms with van der Waals surface area (Å²) >= 11 is 0. The lowest BCUT2D eigenvalue weighted by molar-refractivity contribution is 0.114. The maximum Gasteiger partial charge on any atom is 0.184 e. The molecule has 2 atom stereocenters. The molecule has 0 radical (unpaired) electrons. The molecule has 1 fully saturated rings. The fraction of sp³-hybridized carbons (Fsp3) is 0.846. The highest BCUT2D eigenvalue weighted by Crippen LogP contribution is 2.31. The van der Waals surface area contributed by atoms with Crippen molar-refractivity contribution in [2.45, 2.75) is 64.3 Å². The van der Waals surface area contributed by atoms with Gasteiger partial charge in [0.2, 0.25) is 0 Å². The van der Waals surface area contributed by atoms with Gasteiger partial charge in [0.05, 0.1) is 0 Å². The van der Waals surface area contributed by atoms with Gasteiger partial charge in [0.15, 0.2) is 8.32 Å². The summed E-state index contributed by atoms with van der Waals surface area (Å²) in [5.74, 6) is 0.887. The molecule has 0 N–H and O–H groups in total. The lowest BCUT2D eigenvalue weighted by atomic mass is 9.84. The van der Waals surface area contributed by atoms with Gasteiger partial charge in [-0.25, -0.2) is 0 Å². The molecule has 1 aliphatic carbocycles. The average Bonchev–Trinajstić information content (AvgIpc) is 2.12. The van der Waals surface area contributed by atoms with Crippen molar-refractivity contribution in [1.29, 1.82) is 0 Å². The van der Waals surface area contributed by atoms with Gasteiger partial charge in [0, 0.05) is 6.10 Å². The van der Waals surface area contributed by atoms with Crippen LogP contribution in [0.5, 0.6) is 0 Å². The van der Waals surface area contributed by atoms with E-state index in [0.717, 1.165) is 5.92 Å². The third kappa shape index (κ3) is 5.52. The molecule has 2 heteroatoms. The van der Waals surface area contributed by atoms with Crippen LogP contribution in [-0.4, -0.2) is 14.4 Å². The van der Waals surface area contributed by atoms with E-state index in [1.165, 1.54) is 38.5 Å². The summed E-state index contributed by atoms with van der Waals surface area (Å²) in [4.78, 5) is 0. The Bertz CT molecular complexity index is 195. The van der Waals surface area contributed by atoms with Crippen molar-refractivity contribution in [3.63, 3.8) is 0 Å². The number of rotatable bonds is 5. The summed E-state index contributed by atoms with van der Waals surface area (Å²) in [7, 11) is -1.33. The summed E-state index contributed by atoms with van der Waals surface area (Å²) in [5, 5.41) is 0. The SMILES string of the molecule is C=CCCC1CCCC(O[Si](C)(C)C)C1. The molecule has 1 aliphatic rings. The van der Waals surface area contributed by atoms with Crippen LogP contribution < -0.4 is 0 Å². The fourth-order valence-electron chi connectivity index (χ4n) is 2.46. The molecular weight excluding hydrogens is 200 g/mol. The van der Waals surface area contributed by atoms with E-state index in [0.29, 0.717) is 6.10 Å². The van der Waals surface area contributed by atoms with E-state index in [1.54, 1.807) is 0 Å². The van der Waals surface area contributed by atoms with Gasteiger partial charge >= 0.3 is 0 Å². The van der Waals surface area contributed by atoms with Gasteiger partial charge in [-0.2, -0.15) is 0 Å². The van der Waals surface area contributed by atoms with Crippen LogP contribution in [0.3, 0.4) is 0 Å². The van der Waals surface area contributed by atoms with Crippen LogP contribution in [0.1, 0.15) is 38.5 Å². The molecule has 0 spiro atoms. The van der Waals surface area contributed by atoms with Gasteiger partial charge in [-0.05, 0) is 51.2 Å². The van der Waals surface area contributed by atoms with Crippen LogP contribution in [-0.2, 0) is 4.43 Å². The van der Waals surface area contributed by atoms with E-state index < -0.39 is 8.32 Å². The standard InChI is InChI=1S/C13H26OSi/c1-5-6-8-12-9-7-10-13(11-12)14-15(2,3)4/h5,12-13H,1,6-11H2,2-4H3. The highest BCUT2D eigenvalue weighted by molar-refractivity contribution is 6.69. The van der Waals surface area contributed by atoms with Gasteiger partial charge in [-0.1, -0.05) is 18.9 Å². The molecule has 15 heavy (non-hydrogen) atoms. The number of hydrogen-bond acceptors (Lipinski definition) is 1. The quantitative estimate of drug-likeness (QED) is 0.500. The van der Waals surface area contributed by atoms with Gasteiger partial charge in [-0.3, -0.25) is 0 Å². The van der Waals surface area contributed by atoms with Crippen LogP contribution in [0.2, 0.25) is 19.6 Å². The Morgan fingerprint density at radius 2 is 2.07 bits per heavy atom. The first-order chi connectivity index (χ1) is 7.01. The maximum absolute atomic E-state index is 6.20. The van der Waals surface area contributed by atoms with Crippen LogP contribution in [0.15, 0.2) is 12.7 Å². The third-order valence-electron chi connectivity index (χ3n) is 3.03. The first kappa shape index (κ1) is 13.0. The summed E-state index contributed by atoms with van der Waals surface area (Å²) in [6, 6.07) is 0. The molecule has 0 aromatic heterocycles. The predicted octanol–water partition coefficient (Wildman–Crippen LogP) is 4.36. The zero-order chi connectivity index (χ0) is 11.3. The smallest absolute Gasteiger partial charge is 0.184 e. The molecule has 1 saturated carbocycles. The van der Waals surface area contributed by atoms with Crippen molar-refractivity contribution in [3.05, 3.63) is 12.7 Å². The van der Waals surface area contributed by atoms with Gasteiger partial charge < -0.3 is 4.43 Å². The Balaban J connectivity index is 2.32. The summed E-state index contributed by atoms with van der Waals surface area (Å²) in [6.45, 7) is 10.7. The zero-order valence-corrected chi connectivity index (χ0v) is 11.6. The van der Waals surface area contributed by atoms with E-state index in [-0.39, 0.29) is 0 Å². The monoisotopic (exact) mass is 226 g/mol. The van der Waals surface area contributed by atoms with Crippen LogP contribution in [0.4, 0.5) is 0 Å². The Hall–Kier alpha value is -0.0831. The van der Waals surface area contributed by atoms with Crippen molar-refractivity contribution in [3.8, 4) is 0 Å². The minimum absolute atomic E-state index is 0.556. The second-order valence-corrected chi connectivity index (χ2v) is 10.2. The minimum atomic E-state index is -1.33. The Morgan fingerprint density at radius 3 is 2.67 bits per heavy atom. The molecule has 1 rings (SSSR count). The highest BCUT2D eigenvalue weighted by Gasteiger charge is 2.26. The highest BCUT2D eigenvalue weighted by atomic mass is 28.4. The van der Waals surface area contributed by atoms with E-state index in [2.05, 4.69) is 26.2 Å². The maximum atomic E-state index is 6.20. The first-order valence-electron chi connectivity index (χ1n) is 6.30. The van der Waals surface area contributed by atoms with Crippen LogP contribution >= 0.6 is 0 Å². The van der Waals surface area contributed by atoms with E-state index in [4.69, 9.17) is 4.43 Å². The first-order valence-corrected chi connectivity index (χ1v) is 9.71. The Labute approximate surface area is 96.0 Å². The van der Waals surface area contributed by atoms with Crippen LogP contribution in [0.25, 0.3) is 0 Å². The topological polar surface area (TPSA) is 9.23 Å². The molecular formula is C13H26OSi. The van der Waals surface area contributed by atoms with Gasteiger partial charge in [-0.15, -0.1) is 6.58 Å². The van der Waals surface area contributed by atoms with E-state index in [1.807, 2.05) is 6.08 Å². The molecule has 0 aromatic rings. The van der Waals surface area contributed by atoms with E-state index in [9.17, 15) is 0 Å². The predicted molar refractivity (Wildman–Crippen MR) is 69.6 cm³/mol. The second-order valence-electron chi connectivity index (χ2n) is 5.75. The molecule has 0 bridgehead atoms. The molecule has 0 amide bonds. The second kappa shape index (κ2) is 5.85. The summed E-state index contributed by atoms with van der Waals surface area (Å²) in [5.41, 5.74) is 0. The van der Waals surface area contributed by atoms with E-state index >= 15 is 0 Å². The lowest BCUT2D eigenvalue weighted by Gasteiger charge is -2.33. The lowest BCUT2D eigenvalue weighted by Crippen LogP contribution is -2.34. The molecule has 0 heterocycles. The van der Waals surface area contributed by atoms with Crippen molar-refractivity contribution < 1.29 is 4.43 Å². The van der Waals surface area contributed by atoms with Crippen molar-refractivity contribution in [2.24, 2.45) is 5.92 Å². The molecule has 2 unspecified atom stereocenters. The number of allylic oxidation sites excluding steroid dienone is 1. The summed E-state index contributed by atoms with van der Waals surface area (Å²) < 4.78 is 6.20. The Morgan fingerprint density at radius 1 is 1.33 bits per heavy atom. The Kier molecular flexibility index (Phi) is 5.07. The molecule has 1 nitrogen and oxygen atoms in total.